The molecule has 0 atom stereocenters. The van der Waals surface area contributed by atoms with Crippen molar-refractivity contribution < 1.29 is 9.21 Å². The number of rotatable bonds is 5. The number of hydrogen-bond acceptors (Lipinski definition) is 5. The molecule has 25 heavy (non-hydrogen) atoms. The van der Waals surface area contributed by atoms with E-state index in [1.54, 1.807) is 25.1 Å². The third kappa shape index (κ3) is 4.54. The van der Waals surface area contributed by atoms with E-state index in [4.69, 9.17) is 27.6 Å². The Bertz CT molecular complexity index is 923. The van der Waals surface area contributed by atoms with Gasteiger partial charge < -0.3 is 4.42 Å². The van der Waals surface area contributed by atoms with Crippen molar-refractivity contribution in [1.29, 1.82) is 0 Å². The molecule has 0 radical (unpaired) electrons. The van der Waals surface area contributed by atoms with E-state index in [0.717, 1.165) is 5.52 Å². The highest BCUT2D eigenvalue weighted by molar-refractivity contribution is 7.99. The number of amides is 1. The van der Waals surface area contributed by atoms with E-state index >= 15 is 0 Å². The van der Waals surface area contributed by atoms with Crippen LogP contribution in [0.25, 0.3) is 11.1 Å². The van der Waals surface area contributed by atoms with E-state index in [-0.39, 0.29) is 11.7 Å². The zero-order valence-electron chi connectivity index (χ0n) is 13.1. The normalized spacial score (nSPS) is 11.7. The lowest BCUT2D eigenvalue weighted by atomic mass is 10.1. The summed E-state index contributed by atoms with van der Waals surface area (Å²) in [6.45, 7) is 1.75. The number of carbonyl (C=O) groups excluding carboxylic acids is 1. The largest absolute Gasteiger partial charge is 0.431 e. The van der Waals surface area contributed by atoms with Crippen LogP contribution in [0.1, 0.15) is 12.5 Å². The topological polar surface area (TPSA) is 67.5 Å². The second-order valence-electron chi connectivity index (χ2n) is 5.09. The molecule has 0 saturated carbocycles. The Morgan fingerprint density at radius 2 is 2.08 bits per heavy atom. The molecule has 8 heteroatoms. The highest BCUT2D eigenvalue weighted by Crippen LogP contribution is 2.23. The number of hydrogen-bond donors (Lipinski definition) is 1. The third-order valence-electron chi connectivity index (χ3n) is 3.27. The molecule has 0 bridgehead atoms. The molecule has 0 aliphatic heterocycles. The van der Waals surface area contributed by atoms with Gasteiger partial charge in [-0.3, -0.25) is 4.79 Å². The molecule has 1 heterocycles. The lowest BCUT2D eigenvalue weighted by molar-refractivity contribution is -0.118. The standard InChI is InChI=1S/C17H13Cl2N3O2S/c1-10(12-7-6-11(18)8-13(12)19)21-22-16(23)9-25-17-20-14-4-2-3-5-15(14)24-17/h2-8H,9H2,1H3,(H,22,23)/b21-10+. The van der Waals surface area contributed by atoms with E-state index in [0.29, 0.717) is 32.1 Å². The summed E-state index contributed by atoms with van der Waals surface area (Å²) in [6, 6.07) is 12.5. The molecule has 0 spiro atoms. The van der Waals surface area contributed by atoms with E-state index in [1.807, 2.05) is 24.3 Å². The van der Waals surface area contributed by atoms with Crippen molar-refractivity contribution in [3.8, 4) is 0 Å². The third-order valence-corrected chi connectivity index (χ3v) is 4.65. The first kappa shape index (κ1) is 17.8. The van der Waals surface area contributed by atoms with Gasteiger partial charge in [-0.1, -0.05) is 53.2 Å². The molecule has 0 saturated heterocycles. The number of oxazole rings is 1. The second kappa shape index (κ2) is 7.91. The molecule has 3 aromatic rings. The predicted octanol–water partition coefficient (Wildman–Crippen LogP) is 4.77. The number of carbonyl (C=O) groups is 1. The first-order valence-electron chi connectivity index (χ1n) is 7.30. The lowest BCUT2D eigenvalue weighted by Gasteiger charge is -2.05. The fraction of sp³-hybridized carbons (Fsp3) is 0.118. The van der Waals surface area contributed by atoms with Gasteiger partial charge in [-0.2, -0.15) is 5.10 Å². The van der Waals surface area contributed by atoms with Crippen LogP contribution in [0.2, 0.25) is 10.0 Å². The van der Waals surface area contributed by atoms with Crippen LogP contribution in [0.5, 0.6) is 0 Å². The number of halogens is 2. The van der Waals surface area contributed by atoms with E-state index in [1.165, 1.54) is 11.8 Å². The highest BCUT2D eigenvalue weighted by Gasteiger charge is 2.09. The Labute approximate surface area is 158 Å². The van der Waals surface area contributed by atoms with Crippen LogP contribution in [-0.2, 0) is 4.79 Å². The Morgan fingerprint density at radius 1 is 1.28 bits per heavy atom. The number of nitrogens with zero attached hydrogens (tertiary/aromatic N) is 2. The van der Waals surface area contributed by atoms with Crippen LogP contribution in [-0.4, -0.2) is 22.4 Å². The fourth-order valence-electron chi connectivity index (χ4n) is 2.06. The van der Waals surface area contributed by atoms with E-state index in [9.17, 15) is 4.79 Å². The summed E-state index contributed by atoms with van der Waals surface area (Å²) in [6.07, 6.45) is 0. The summed E-state index contributed by atoms with van der Waals surface area (Å²) in [5.41, 5.74) is 5.24. The summed E-state index contributed by atoms with van der Waals surface area (Å²) in [5, 5.41) is 5.53. The molecule has 0 aliphatic carbocycles. The van der Waals surface area contributed by atoms with E-state index < -0.39 is 0 Å². The van der Waals surface area contributed by atoms with Crippen LogP contribution in [0.4, 0.5) is 0 Å². The number of hydrazone groups is 1. The van der Waals surface area contributed by atoms with Crippen molar-refractivity contribution in [2.45, 2.75) is 12.1 Å². The number of para-hydroxylation sites is 2. The minimum Gasteiger partial charge on any atom is -0.431 e. The fourth-order valence-corrected chi connectivity index (χ4v) is 3.24. The predicted molar refractivity (Wildman–Crippen MR) is 102 cm³/mol. The highest BCUT2D eigenvalue weighted by atomic mass is 35.5. The van der Waals surface area contributed by atoms with Crippen LogP contribution < -0.4 is 5.43 Å². The van der Waals surface area contributed by atoms with E-state index in [2.05, 4.69) is 15.5 Å². The minimum atomic E-state index is -0.267. The first-order valence-corrected chi connectivity index (χ1v) is 9.04. The van der Waals surface area contributed by atoms with Crippen molar-refractivity contribution >= 4 is 57.7 Å². The van der Waals surface area contributed by atoms with Crippen LogP contribution in [0.3, 0.4) is 0 Å². The van der Waals surface area contributed by atoms with Crippen molar-refractivity contribution in [3.05, 3.63) is 58.1 Å². The molecule has 3 rings (SSSR count). The smallest absolute Gasteiger partial charge is 0.257 e. The number of thioether (sulfide) groups is 1. The maximum atomic E-state index is 11.9. The summed E-state index contributed by atoms with van der Waals surface area (Å²) >= 11 is 13.2. The zero-order chi connectivity index (χ0) is 17.8. The molecule has 0 fully saturated rings. The molecule has 2 aromatic carbocycles. The molecular formula is C17H13Cl2N3O2S. The van der Waals surface area contributed by atoms with Gasteiger partial charge in [-0.15, -0.1) is 0 Å². The average molecular weight is 394 g/mol. The maximum absolute atomic E-state index is 11.9. The van der Waals surface area contributed by atoms with Crippen LogP contribution in [0, 0.1) is 0 Å². The number of aromatic nitrogens is 1. The Hall–Kier alpha value is -2.02. The van der Waals surface area contributed by atoms with Gasteiger partial charge in [-0.05, 0) is 31.2 Å². The Balaban J connectivity index is 1.58. The first-order chi connectivity index (χ1) is 12.0. The number of nitrogens with one attached hydrogen (secondary N) is 1. The van der Waals surface area contributed by atoms with Gasteiger partial charge in [-0.25, -0.2) is 10.4 Å². The summed E-state index contributed by atoms with van der Waals surface area (Å²) in [4.78, 5) is 16.2. The van der Waals surface area contributed by atoms with Gasteiger partial charge >= 0.3 is 0 Å². The SMILES string of the molecule is C/C(=N\NC(=O)CSc1nc2ccccc2o1)c1ccc(Cl)cc1Cl. The summed E-state index contributed by atoms with van der Waals surface area (Å²) in [7, 11) is 0. The lowest BCUT2D eigenvalue weighted by Crippen LogP contribution is -2.21. The summed E-state index contributed by atoms with van der Waals surface area (Å²) in [5.74, 6) is -0.130. The molecule has 1 amide bonds. The molecule has 128 valence electrons. The summed E-state index contributed by atoms with van der Waals surface area (Å²) < 4.78 is 5.55. The molecule has 5 nitrogen and oxygen atoms in total. The van der Waals surface area contributed by atoms with Gasteiger partial charge in [0.1, 0.15) is 5.52 Å². The van der Waals surface area contributed by atoms with Gasteiger partial charge in [0.05, 0.1) is 16.5 Å². The van der Waals surface area contributed by atoms with Crippen molar-refractivity contribution in [2.75, 3.05) is 5.75 Å². The zero-order valence-corrected chi connectivity index (χ0v) is 15.5. The van der Waals surface area contributed by atoms with Crippen molar-refractivity contribution in [3.63, 3.8) is 0 Å². The van der Waals surface area contributed by atoms with Crippen LogP contribution in [0.15, 0.2) is 57.2 Å². The molecular weight excluding hydrogens is 381 g/mol. The quantitative estimate of drug-likeness (QED) is 0.385. The molecule has 0 unspecified atom stereocenters. The average Bonchev–Trinajstić information content (AvgIpc) is 3.01. The monoisotopic (exact) mass is 393 g/mol. The molecule has 1 aromatic heterocycles. The second-order valence-corrected chi connectivity index (χ2v) is 6.86. The van der Waals surface area contributed by atoms with Gasteiger partial charge in [0.2, 0.25) is 0 Å². The minimum absolute atomic E-state index is 0.137. The maximum Gasteiger partial charge on any atom is 0.257 e. The van der Waals surface area contributed by atoms with Crippen molar-refractivity contribution in [1.82, 2.24) is 10.4 Å². The Morgan fingerprint density at radius 3 is 2.84 bits per heavy atom. The van der Waals surface area contributed by atoms with Crippen LogP contribution >= 0.6 is 35.0 Å². The number of benzene rings is 2. The van der Waals surface area contributed by atoms with Gasteiger partial charge in [0, 0.05) is 10.6 Å². The Kier molecular flexibility index (Phi) is 5.63. The number of fused-ring (bicyclic) bond motifs is 1. The van der Waals surface area contributed by atoms with Gasteiger partial charge in [0.15, 0.2) is 5.58 Å². The molecule has 0 aliphatic rings. The molecule has 1 N–H and O–H groups in total. The van der Waals surface area contributed by atoms with Gasteiger partial charge in [0.25, 0.3) is 11.1 Å². The van der Waals surface area contributed by atoms with Crippen molar-refractivity contribution in [2.24, 2.45) is 5.10 Å².